The lowest BCUT2D eigenvalue weighted by Crippen LogP contribution is -2.22. The standard InChI is InChI=1S/C20H15NO2S2/c1-21-19(22)18(25-20(21)24)12-14-10-11-17(23-14)16-9-5-7-13-6-3-2-4-8-15(13)16/h3-12H,2H2,1H3/b18-12-. The molecule has 1 fully saturated rings. The summed E-state index contributed by atoms with van der Waals surface area (Å²) in [7, 11) is 1.69. The van der Waals surface area contributed by atoms with Gasteiger partial charge in [0.15, 0.2) is 0 Å². The normalized spacial score (nSPS) is 18.1. The van der Waals surface area contributed by atoms with Crippen LogP contribution in [0.4, 0.5) is 0 Å². The Kier molecular flexibility index (Phi) is 4.19. The molecule has 1 aromatic heterocycles. The van der Waals surface area contributed by atoms with Crippen LogP contribution in [0.5, 0.6) is 0 Å². The summed E-state index contributed by atoms with van der Waals surface area (Å²) in [6.07, 6.45) is 11.2. The fourth-order valence-corrected chi connectivity index (χ4v) is 4.00. The number of rotatable bonds is 2. The van der Waals surface area contributed by atoms with Gasteiger partial charge in [-0.1, -0.05) is 66.5 Å². The van der Waals surface area contributed by atoms with Crippen molar-refractivity contribution >= 4 is 52.4 Å². The maximum absolute atomic E-state index is 12.1. The molecule has 1 aromatic carbocycles. The zero-order valence-electron chi connectivity index (χ0n) is 13.6. The van der Waals surface area contributed by atoms with Gasteiger partial charge in [0.2, 0.25) is 0 Å². The number of furan rings is 1. The van der Waals surface area contributed by atoms with Crippen LogP contribution in [0.3, 0.4) is 0 Å². The van der Waals surface area contributed by atoms with E-state index in [1.165, 1.54) is 22.2 Å². The topological polar surface area (TPSA) is 33.5 Å². The smallest absolute Gasteiger partial charge is 0.266 e. The lowest BCUT2D eigenvalue weighted by atomic mass is 9.99. The number of amides is 1. The maximum Gasteiger partial charge on any atom is 0.266 e. The molecular formula is C20H15NO2S2. The number of allylic oxidation sites excluding steroid dienone is 2. The molecule has 1 aliphatic carbocycles. The van der Waals surface area contributed by atoms with Crippen molar-refractivity contribution in [1.29, 1.82) is 0 Å². The van der Waals surface area contributed by atoms with Gasteiger partial charge in [-0.3, -0.25) is 9.69 Å². The first kappa shape index (κ1) is 16.1. The number of likely N-dealkylation sites (N-methyl/N-ethyl adjacent to an activating group) is 1. The van der Waals surface area contributed by atoms with Crippen LogP contribution in [0.2, 0.25) is 0 Å². The Hall–Kier alpha value is -2.37. The number of benzene rings is 1. The van der Waals surface area contributed by atoms with Crippen LogP contribution in [-0.4, -0.2) is 22.2 Å². The van der Waals surface area contributed by atoms with E-state index in [9.17, 15) is 4.79 Å². The van der Waals surface area contributed by atoms with Crippen LogP contribution in [-0.2, 0) is 4.79 Å². The molecule has 4 rings (SSSR count). The van der Waals surface area contributed by atoms with Crippen molar-refractivity contribution < 1.29 is 9.21 Å². The first-order valence-corrected chi connectivity index (χ1v) is 9.14. The number of nitrogens with zero attached hydrogens (tertiary/aromatic N) is 1. The molecule has 1 amide bonds. The van der Waals surface area contributed by atoms with Gasteiger partial charge in [0.25, 0.3) is 5.91 Å². The molecule has 124 valence electrons. The fraction of sp³-hybridized carbons (Fsp3) is 0.100. The molecular weight excluding hydrogens is 350 g/mol. The second-order valence-corrected chi connectivity index (χ2v) is 7.47. The van der Waals surface area contributed by atoms with E-state index in [0.717, 1.165) is 23.3 Å². The highest BCUT2D eigenvalue weighted by Gasteiger charge is 2.29. The van der Waals surface area contributed by atoms with Gasteiger partial charge in [0, 0.05) is 18.7 Å². The van der Waals surface area contributed by atoms with Gasteiger partial charge in [-0.2, -0.15) is 0 Å². The van der Waals surface area contributed by atoms with E-state index in [4.69, 9.17) is 16.6 Å². The Balaban J connectivity index is 1.71. The first-order valence-electron chi connectivity index (χ1n) is 7.91. The number of hydrogen-bond acceptors (Lipinski definition) is 4. The molecule has 2 aliphatic rings. The van der Waals surface area contributed by atoms with E-state index < -0.39 is 0 Å². The SMILES string of the molecule is CN1C(=O)/C(=C/c2ccc(-c3cccc4c3C=CCC=C4)o2)SC1=S. The van der Waals surface area contributed by atoms with Crippen molar-refractivity contribution in [3.63, 3.8) is 0 Å². The van der Waals surface area contributed by atoms with Gasteiger partial charge in [-0.15, -0.1) is 0 Å². The van der Waals surface area contributed by atoms with Gasteiger partial charge >= 0.3 is 0 Å². The fourth-order valence-electron chi connectivity index (χ4n) is 2.84. The molecule has 1 aliphatic heterocycles. The Labute approximate surface area is 155 Å². The summed E-state index contributed by atoms with van der Waals surface area (Å²) in [5.41, 5.74) is 3.37. The Morgan fingerprint density at radius 2 is 2.04 bits per heavy atom. The summed E-state index contributed by atoms with van der Waals surface area (Å²) < 4.78 is 6.56. The predicted octanol–water partition coefficient (Wildman–Crippen LogP) is 5.21. The van der Waals surface area contributed by atoms with Crippen molar-refractivity contribution in [2.75, 3.05) is 7.05 Å². The lowest BCUT2D eigenvalue weighted by Gasteiger charge is -2.06. The monoisotopic (exact) mass is 365 g/mol. The molecule has 0 saturated carbocycles. The minimum absolute atomic E-state index is 0.0883. The Bertz CT molecular complexity index is 966. The summed E-state index contributed by atoms with van der Waals surface area (Å²) in [5, 5.41) is 0. The third-order valence-corrected chi connectivity index (χ3v) is 5.63. The number of hydrogen-bond donors (Lipinski definition) is 0. The maximum atomic E-state index is 12.1. The molecule has 0 atom stereocenters. The number of carbonyl (C=O) groups excluding carboxylic acids is 1. The summed E-state index contributed by atoms with van der Waals surface area (Å²) in [5.74, 6) is 1.35. The third-order valence-electron chi connectivity index (χ3n) is 4.15. The molecule has 2 aromatic rings. The average Bonchev–Trinajstić information content (AvgIpc) is 3.05. The summed E-state index contributed by atoms with van der Waals surface area (Å²) in [4.78, 5) is 14.2. The average molecular weight is 365 g/mol. The molecule has 3 nitrogen and oxygen atoms in total. The quantitative estimate of drug-likeness (QED) is 0.540. The van der Waals surface area contributed by atoms with Gasteiger partial charge in [-0.25, -0.2) is 0 Å². The molecule has 0 unspecified atom stereocenters. The van der Waals surface area contributed by atoms with Crippen molar-refractivity contribution in [2.45, 2.75) is 6.42 Å². The van der Waals surface area contributed by atoms with Gasteiger partial charge in [0.1, 0.15) is 15.8 Å². The molecule has 0 spiro atoms. The molecule has 25 heavy (non-hydrogen) atoms. The van der Waals surface area contributed by atoms with Gasteiger partial charge in [0.05, 0.1) is 4.91 Å². The number of fused-ring (bicyclic) bond motifs is 1. The van der Waals surface area contributed by atoms with Crippen molar-refractivity contribution in [3.05, 3.63) is 64.3 Å². The molecule has 0 radical (unpaired) electrons. The number of thioether (sulfide) groups is 1. The van der Waals surface area contributed by atoms with Crippen LogP contribution in [0, 0.1) is 0 Å². The number of thiocarbonyl (C=S) groups is 1. The highest BCUT2D eigenvalue weighted by atomic mass is 32.2. The van der Waals surface area contributed by atoms with Crippen LogP contribution < -0.4 is 0 Å². The van der Waals surface area contributed by atoms with E-state index in [1.807, 2.05) is 18.2 Å². The lowest BCUT2D eigenvalue weighted by molar-refractivity contribution is -0.121. The summed E-state index contributed by atoms with van der Waals surface area (Å²) in [6, 6.07) is 10.0. The van der Waals surface area contributed by atoms with Crippen LogP contribution >= 0.6 is 24.0 Å². The first-order chi connectivity index (χ1) is 12.1. The second-order valence-electron chi connectivity index (χ2n) is 5.79. The largest absolute Gasteiger partial charge is 0.457 e. The summed E-state index contributed by atoms with van der Waals surface area (Å²) >= 11 is 6.45. The predicted molar refractivity (Wildman–Crippen MR) is 108 cm³/mol. The minimum atomic E-state index is -0.0883. The van der Waals surface area contributed by atoms with Crippen molar-refractivity contribution in [1.82, 2.24) is 4.90 Å². The second kappa shape index (κ2) is 6.50. The molecule has 5 heteroatoms. The van der Waals surface area contributed by atoms with Crippen molar-refractivity contribution in [2.24, 2.45) is 0 Å². The van der Waals surface area contributed by atoms with Gasteiger partial charge < -0.3 is 4.42 Å². The zero-order valence-corrected chi connectivity index (χ0v) is 15.2. The zero-order chi connectivity index (χ0) is 17.4. The van der Waals surface area contributed by atoms with E-state index in [0.29, 0.717) is 15.0 Å². The van der Waals surface area contributed by atoms with E-state index in [1.54, 1.807) is 13.1 Å². The molecule has 1 saturated heterocycles. The molecule has 0 bridgehead atoms. The van der Waals surface area contributed by atoms with Gasteiger partial charge in [-0.05, 0) is 29.7 Å². The molecule has 2 heterocycles. The third kappa shape index (κ3) is 3.01. The van der Waals surface area contributed by atoms with E-state index in [2.05, 4.69) is 36.4 Å². The van der Waals surface area contributed by atoms with Crippen LogP contribution in [0.1, 0.15) is 23.3 Å². The van der Waals surface area contributed by atoms with E-state index >= 15 is 0 Å². The summed E-state index contributed by atoms with van der Waals surface area (Å²) in [6.45, 7) is 0. The van der Waals surface area contributed by atoms with Crippen LogP contribution in [0.15, 0.2) is 51.8 Å². The number of carbonyl (C=O) groups is 1. The molecule has 0 N–H and O–H groups in total. The minimum Gasteiger partial charge on any atom is -0.457 e. The van der Waals surface area contributed by atoms with Crippen LogP contribution in [0.25, 0.3) is 29.6 Å². The van der Waals surface area contributed by atoms with Crippen molar-refractivity contribution in [3.8, 4) is 11.3 Å². The Morgan fingerprint density at radius 3 is 2.84 bits per heavy atom. The highest BCUT2D eigenvalue weighted by molar-refractivity contribution is 8.26. The Morgan fingerprint density at radius 1 is 1.20 bits per heavy atom. The van der Waals surface area contributed by atoms with E-state index in [-0.39, 0.29) is 5.91 Å². The highest BCUT2D eigenvalue weighted by Crippen LogP contribution is 2.34.